The van der Waals surface area contributed by atoms with Crippen LogP contribution in [0.5, 0.6) is 0 Å². The summed E-state index contributed by atoms with van der Waals surface area (Å²) in [6, 6.07) is 13.8. The number of nitrogens with one attached hydrogen (secondary N) is 1. The van der Waals surface area contributed by atoms with Gasteiger partial charge in [-0.3, -0.25) is 14.2 Å². The summed E-state index contributed by atoms with van der Waals surface area (Å²) in [6.45, 7) is 5.64. The van der Waals surface area contributed by atoms with Gasteiger partial charge in [0.25, 0.3) is 11.5 Å². The fourth-order valence-electron chi connectivity index (χ4n) is 2.86. The first-order valence-corrected chi connectivity index (χ1v) is 10.0. The first kappa shape index (κ1) is 21.5. The third-order valence-corrected chi connectivity index (χ3v) is 5.01. The number of aryl methyl sites for hydroxylation is 1. The van der Waals surface area contributed by atoms with Crippen LogP contribution in [0.25, 0.3) is 5.69 Å². The summed E-state index contributed by atoms with van der Waals surface area (Å²) in [5.41, 5.74) is 0.416. The Morgan fingerprint density at radius 2 is 1.87 bits per heavy atom. The van der Waals surface area contributed by atoms with Gasteiger partial charge in [-0.15, -0.1) is 0 Å². The number of hydrogen-bond acceptors (Lipinski definition) is 4. The van der Waals surface area contributed by atoms with Crippen LogP contribution in [0.15, 0.2) is 58.1 Å². The molecule has 7 nitrogen and oxygen atoms in total. The van der Waals surface area contributed by atoms with Gasteiger partial charge in [-0.25, -0.2) is 4.79 Å². The molecule has 1 amide bonds. The largest absolute Gasteiger partial charge is 0.352 e. The maximum Gasteiger partial charge on any atom is 0.352 e. The molecule has 2 aromatic carbocycles. The van der Waals surface area contributed by atoms with Gasteiger partial charge in [0.05, 0.1) is 12.2 Å². The predicted octanol–water partition coefficient (Wildman–Crippen LogP) is 2.93. The molecule has 1 N–H and O–H groups in total. The summed E-state index contributed by atoms with van der Waals surface area (Å²) >= 11 is 6.04. The van der Waals surface area contributed by atoms with Gasteiger partial charge in [0, 0.05) is 11.1 Å². The van der Waals surface area contributed by atoms with Crippen molar-refractivity contribution in [2.45, 2.75) is 39.8 Å². The Hall–Kier alpha value is -3.19. The predicted molar refractivity (Wildman–Crippen MR) is 117 cm³/mol. The number of benzene rings is 2. The molecule has 1 heterocycles. The van der Waals surface area contributed by atoms with Crippen LogP contribution in [0.1, 0.15) is 41.9 Å². The normalized spacial score (nSPS) is 11.9. The second-order valence-corrected chi connectivity index (χ2v) is 7.62. The third-order valence-electron chi connectivity index (χ3n) is 4.77. The molecule has 0 unspecified atom stereocenters. The van der Waals surface area contributed by atoms with Gasteiger partial charge in [0.1, 0.15) is 0 Å². The van der Waals surface area contributed by atoms with Crippen molar-refractivity contribution in [3.05, 3.63) is 91.2 Å². The zero-order valence-electron chi connectivity index (χ0n) is 17.1. The highest BCUT2D eigenvalue weighted by Gasteiger charge is 2.21. The van der Waals surface area contributed by atoms with Crippen LogP contribution in [0.3, 0.4) is 0 Å². The van der Waals surface area contributed by atoms with Gasteiger partial charge in [-0.05, 0) is 50.1 Å². The van der Waals surface area contributed by atoms with Crippen molar-refractivity contribution in [3.8, 4) is 5.69 Å². The number of carbonyl (C=O) groups excluding carboxylic acids is 1. The summed E-state index contributed by atoms with van der Waals surface area (Å²) < 4.78 is 2.08. The van der Waals surface area contributed by atoms with Crippen molar-refractivity contribution in [3.63, 3.8) is 0 Å². The molecule has 0 aliphatic carbocycles. The van der Waals surface area contributed by atoms with E-state index in [9.17, 15) is 14.4 Å². The Balaban J connectivity index is 2.18. The number of rotatable bonds is 6. The minimum atomic E-state index is -0.746. The Morgan fingerprint density at radius 1 is 1.17 bits per heavy atom. The zero-order chi connectivity index (χ0) is 21.8. The summed E-state index contributed by atoms with van der Waals surface area (Å²) in [5, 5.41) is 7.34. The lowest BCUT2D eigenvalue weighted by Crippen LogP contribution is -2.47. The quantitative estimate of drug-likeness (QED) is 0.656. The van der Waals surface area contributed by atoms with Crippen LogP contribution in [0, 0.1) is 6.92 Å². The fourth-order valence-corrected chi connectivity index (χ4v) is 3.08. The molecule has 1 atom stereocenters. The molecule has 0 saturated carbocycles. The standard InChI is InChI=1S/C22H23ClN4O3/c1-4-15(3)24-20(28)19-21(29)26(13-16-6-5-7-17(23)12-16)22(30)27(25-19)18-10-8-14(2)9-11-18/h5-12,15H,4,13H2,1-3H3,(H,24,28)/t15-/m1/s1. The van der Waals surface area contributed by atoms with E-state index in [2.05, 4.69) is 10.4 Å². The summed E-state index contributed by atoms with van der Waals surface area (Å²) in [4.78, 5) is 38.9. The van der Waals surface area contributed by atoms with E-state index in [1.807, 2.05) is 32.9 Å². The van der Waals surface area contributed by atoms with E-state index in [1.165, 1.54) is 0 Å². The van der Waals surface area contributed by atoms with E-state index in [1.54, 1.807) is 36.4 Å². The van der Waals surface area contributed by atoms with Crippen LogP contribution in [0.4, 0.5) is 0 Å². The van der Waals surface area contributed by atoms with Crippen LogP contribution in [-0.4, -0.2) is 26.3 Å². The van der Waals surface area contributed by atoms with E-state index in [0.717, 1.165) is 14.8 Å². The molecule has 0 aliphatic rings. The summed E-state index contributed by atoms with van der Waals surface area (Å²) in [5.74, 6) is -0.616. The van der Waals surface area contributed by atoms with E-state index >= 15 is 0 Å². The monoisotopic (exact) mass is 426 g/mol. The molecule has 1 aromatic heterocycles. The van der Waals surface area contributed by atoms with Crippen LogP contribution < -0.4 is 16.6 Å². The Bertz CT molecular complexity index is 1180. The topological polar surface area (TPSA) is 86.0 Å². The molecule has 0 aliphatic heterocycles. The molecule has 3 rings (SSSR count). The zero-order valence-corrected chi connectivity index (χ0v) is 17.8. The maximum atomic E-state index is 13.1. The molecule has 0 radical (unpaired) electrons. The molecule has 0 saturated heterocycles. The van der Waals surface area contributed by atoms with E-state index in [0.29, 0.717) is 22.7 Å². The van der Waals surface area contributed by atoms with E-state index in [4.69, 9.17) is 11.6 Å². The Kier molecular flexibility index (Phi) is 6.52. The Morgan fingerprint density at radius 3 is 2.50 bits per heavy atom. The molecule has 3 aromatic rings. The highest BCUT2D eigenvalue weighted by molar-refractivity contribution is 6.30. The molecule has 0 spiro atoms. The second-order valence-electron chi connectivity index (χ2n) is 7.18. The average Bonchev–Trinajstić information content (AvgIpc) is 2.72. The van der Waals surface area contributed by atoms with Crippen molar-refractivity contribution < 1.29 is 4.79 Å². The van der Waals surface area contributed by atoms with Crippen LogP contribution in [0.2, 0.25) is 5.02 Å². The number of halogens is 1. The molecular weight excluding hydrogens is 404 g/mol. The third kappa shape index (κ3) is 4.68. The smallest absolute Gasteiger partial charge is 0.348 e. The Labute approximate surface area is 178 Å². The van der Waals surface area contributed by atoms with E-state index in [-0.39, 0.29) is 18.3 Å². The molecule has 0 fully saturated rings. The van der Waals surface area contributed by atoms with Crippen molar-refractivity contribution in [1.82, 2.24) is 19.7 Å². The summed E-state index contributed by atoms with van der Waals surface area (Å²) in [7, 11) is 0. The van der Waals surface area contributed by atoms with Crippen molar-refractivity contribution in [1.29, 1.82) is 0 Å². The lowest BCUT2D eigenvalue weighted by atomic mass is 10.2. The molecule has 8 heteroatoms. The highest BCUT2D eigenvalue weighted by atomic mass is 35.5. The number of amides is 1. The number of carbonyl (C=O) groups is 1. The molecule has 0 bridgehead atoms. The first-order chi connectivity index (χ1) is 14.3. The van der Waals surface area contributed by atoms with Crippen molar-refractivity contribution >= 4 is 17.5 Å². The lowest BCUT2D eigenvalue weighted by molar-refractivity contribution is 0.0929. The average molecular weight is 427 g/mol. The van der Waals surface area contributed by atoms with Crippen LogP contribution in [-0.2, 0) is 6.54 Å². The molecule has 30 heavy (non-hydrogen) atoms. The lowest BCUT2D eigenvalue weighted by Gasteiger charge is -2.14. The van der Waals surface area contributed by atoms with Gasteiger partial charge >= 0.3 is 5.69 Å². The van der Waals surface area contributed by atoms with Gasteiger partial charge in [0.2, 0.25) is 5.69 Å². The van der Waals surface area contributed by atoms with Crippen molar-refractivity contribution in [2.75, 3.05) is 0 Å². The van der Waals surface area contributed by atoms with Crippen molar-refractivity contribution in [2.24, 2.45) is 0 Å². The van der Waals surface area contributed by atoms with Gasteiger partial charge in [0.15, 0.2) is 0 Å². The van der Waals surface area contributed by atoms with Gasteiger partial charge < -0.3 is 5.32 Å². The molecule has 156 valence electrons. The second kappa shape index (κ2) is 9.09. The minimum absolute atomic E-state index is 0.0315. The van der Waals surface area contributed by atoms with E-state index < -0.39 is 17.2 Å². The van der Waals surface area contributed by atoms with Crippen LogP contribution >= 0.6 is 11.6 Å². The highest BCUT2D eigenvalue weighted by Crippen LogP contribution is 2.11. The summed E-state index contributed by atoms with van der Waals surface area (Å²) in [6.07, 6.45) is 0.694. The number of hydrogen-bond donors (Lipinski definition) is 1. The minimum Gasteiger partial charge on any atom is -0.348 e. The number of nitrogens with zero attached hydrogens (tertiary/aromatic N) is 3. The maximum absolute atomic E-state index is 13.1. The first-order valence-electron chi connectivity index (χ1n) is 9.66. The van der Waals surface area contributed by atoms with Gasteiger partial charge in [-0.2, -0.15) is 9.78 Å². The van der Waals surface area contributed by atoms with Gasteiger partial charge in [-0.1, -0.05) is 48.4 Å². The fraction of sp³-hybridized carbons (Fsp3) is 0.273. The SMILES string of the molecule is CC[C@@H](C)NC(=O)c1nn(-c2ccc(C)cc2)c(=O)n(Cc2cccc(Cl)c2)c1=O. The number of aromatic nitrogens is 3. The molecular formula is C22H23ClN4O3.